The van der Waals surface area contributed by atoms with Gasteiger partial charge in [0, 0.05) is 29.8 Å². The molecule has 0 aliphatic rings. The Balaban J connectivity index is 2.24. The summed E-state index contributed by atoms with van der Waals surface area (Å²) >= 11 is 1.58. The summed E-state index contributed by atoms with van der Waals surface area (Å²) in [7, 11) is 1.82. The van der Waals surface area contributed by atoms with E-state index in [-0.39, 0.29) is 0 Å². The number of hydrogen-bond donors (Lipinski definition) is 0. The Kier molecular flexibility index (Phi) is 4.39. The molecule has 5 nitrogen and oxygen atoms in total. The Hall–Kier alpha value is -2.04. The van der Waals surface area contributed by atoms with Gasteiger partial charge in [0.05, 0.1) is 5.69 Å². The molecule has 6 heteroatoms. The van der Waals surface area contributed by atoms with Crippen LogP contribution in [0.25, 0.3) is 0 Å². The Morgan fingerprint density at radius 1 is 1.47 bits per heavy atom. The molecule has 0 saturated carbocycles. The lowest BCUT2D eigenvalue weighted by Gasteiger charge is -2.10. The summed E-state index contributed by atoms with van der Waals surface area (Å²) in [6.45, 7) is 0.314. The molecule has 2 rings (SSSR count). The summed E-state index contributed by atoms with van der Waals surface area (Å²) < 4.78 is 7.27. The summed E-state index contributed by atoms with van der Waals surface area (Å²) in [5.41, 5.74) is 1.45. The molecular formula is C13H13N3O2S. The zero-order valence-corrected chi connectivity index (χ0v) is 11.5. The number of carbonyl (C=O) groups excluding carboxylic acids is 1. The van der Waals surface area contributed by atoms with Gasteiger partial charge in [0.15, 0.2) is 0 Å². The van der Waals surface area contributed by atoms with Crippen LogP contribution in [-0.4, -0.2) is 22.1 Å². The lowest BCUT2D eigenvalue weighted by atomic mass is 10.2. The molecule has 0 saturated heterocycles. The molecule has 0 spiro atoms. The largest absolute Gasteiger partial charge is 0.472 e. The third-order valence-corrected chi connectivity index (χ3v) is 3.37. The summed E-state index contributed by atoms with van der Waals surface area (Å²) in [4.78, 5) is 15.2. The number of thioether (sulfide) groups is 1. The van der Waals surface area contributed by atoms with E-state index in [4.69, 9.17) is 4.74 Å². The molecule has 98 valence electrons. The van der Waals surface area contributed by atoms with E-state index < -0.39 is 0 Å². The molecule has 2 aromatic rings. The first-order valence-electron chi connectivity index (χ1n) is 5.61. The third-order valence-electron chi connectivity index (χ3n) is 2.55. The Morgan fingerprint density at radius 2 is 2.32 bits per heavy atom. The zero-order chi connectivity index (χ0) is 13.7. The average molecular weight is 275 g/mol. The van der Waals surface area contributed by atoms with Gasteiger partial charge in [-0.2, -0.15) is 4.99 Å². The normalized spacial score (nSPS) is 10.0. The Morgan fingerprint density at radius 3 is 2.95 bits per heavy atom. The maximum absolute atomic E-state index is 10.4. The summed E-state index contributed by atoms with van der Waals surface area (Å²) in [6, 6.07) is 7.37. The lowest BCUT2D eigenvalue weighted by Crippen LogP contribution is -1.99. The molecule has 0 radical (unpaired) electrons. The van der Waals surface area contributed by atoms with Crippen molar-refractivity contribution >= 4 is 23.5 Å². The van der Waals surface area contributed by atoms with E-state index in [1.807, 2.05) is 25.4 Å². The Bertz CT molecular complexity index is 618. The van der Waals surface area contributed by atoms with Crippen LogP contribution in [0.5, 0.6) is 5.88 Å². The monoisotopic (exact) mass is 275 g/mol. The predicted molar refractivity (Wildman–Crippen MR) is 73.5 cm³/mol. The minimum atomic E-state index is 0.314. The highest BCUT2D eigenvalue weighted by Gasteiger charge is 2.09. The molecule has 0 aliphatic carbocycles. The van der Waals surface area contributed by atoms with Crippen LogP contribution in [0.4, 0.5) is 5.69 Å². The lowest BCUT2D eigenvalue weighted by molar-refractivity contribution is 0.288. The first-order chi connectivity index (χ1) is 9.24. The number of benzene rings is 1. The number of isocyanates is 1. The second-order valence-corrected chi connectivity index (χ2v) is 4.63. The molecule has 0 N–H and O–H groups in total. The van der Waals surface area contributed by atoms with Gasteiger partial charge in [0.2, 0.25) is 12.0 Å². The van der Waals surface area contributed by atoms with Crippen LogP contribution in [0.2, 0.25) is 0 Å². The second kappa shape index (κ2) is 6.22. The van der Waals surface area contributed by atoms with E-state index >= 15 is 0 Å². The van der Waals surface area contributed by atoms with E-state index in [1.54, 1.807) is 40.9 Å². The van der Waals surface area contributed by atoms with Crippen molar-refractivity contribution in [1.29, 1.82) is 0 Å². The first kappa shape index (κ1) is 13.4. The van der Waals surface area contributed by atoms with Gasteiger partial charge in [-0.1, -0.05) is 6.07 Å². The standard InChI is InChI=1S/C13H13N3O2S/c1-16-7-6-13(15-16)18-8-10-11(14-9-17)4-3-5-12(10)19-2/h3-7H,8H2,1-2H3. The maximum atomic E-state index is 10.4. The number of aryl methyl sites for hydroxylation is 1. The van der Waals surface area contributed by atoms with E-state index in [0.717, 1.165) is 10.5 Å². The van der Waals surface area contributed by atoms with Crippen LogP contribution in [0, 0.1) is 0 Å². The van der Waals surface area contributed by atoms with Crippen molar-refractivity contribution < 1.29 is 9.53 Å². The van der Waals surface area contributed by atoms with Crippen LogP contribution >= 0.6 is 11.8 Å². The van der Waals surface area contributed by atoms with Crippen molar-refractivity contribution in [3.8, 4) is 5.88 Å². The van der Waals surface area contributed by atoms with E-state index in [9.17, 15) is 4.79 Å². The molecule has 0 aliphatic heterocycles. The van der Waals surface area contributed by atoms with Crippen LogP contribution in [0.3, 0.4) is 0 Å². The van der Waals surface area contributed by atoms with Crippen molar-refractivity contribution in [2.24, 2.45) is 12.0 Å². The fourth-order valence-corrected chi connectivity index (χ4v) is 2.29. The highest BCUT2D eigenvalue weighted by atomic mass is 32.2. The third kappa shape index (κ3) is 3.24. The summed E-state index contributed by atoms with van der Waals surface area (Å²) in [5, 5.41) is 4.14. The van der Waals surface area contributed by atoms with E-state index in [0.29, 0.717) is 18.2 Å². The molecule has 0 amide bonds. The number of rotatable bonds is 5. The zero-order valence-electron chi connectivity index (χ0n) is 10.7. The average Bonchev–Trinajstić information content (AvgIpc) is 2.83. The fraction of sp³-hybridized carbons (Fsp3) is 0.231. The van der Waals surface area contributed by atoms with Gasteiger partial charge in [-0.05, 0) is 18.4 Å². The molecule has 0 fully saturated rings. The SMILES string of the molecule is CSc1cccc(N=C=O)c1COc1ccn(C)n1. The van der Waals surface area contributed by atoms with Gasteiger partial charge in [0.25, 0.3) is 0 Å². The van der Waals surface area contributed by atoms with Crippen LogP contribution in [0.15, 0.2) is 40.4 Å². The van der Waals surface area contributed by atoms with E-state index in [2.05, 4.69) is 10.1 Å². The smallest absolute Gasteiger partial charge is 0.240 e. The number of ether oxygens (including phenoxy) is 1. The minimum Gasteiger partial charge on any atom is -0.472 e. The van der Waals surface area contributed by atoms with Gasteiger partial charge < -0.3 is 4.74 Å². The maximum Gasteiger partial charge on any atom is 0.240 e. The highest BCUT2D eigenvalue weighted by molar-refractivity contribution is 7.98. The van der Waals surface area contributed by atoms with Crippen molar-refractivity contribution in [2.45, 2.75) is 11.5 Å². The van der Waals surface area contributed by atoms with Gasteiger partial charge >= 0.3 is 0 Å². The van der Waals surface area contributed by atoms with Gasteiger partial charge in [0.1, 0.15) is 6.61 Å². The fourth-order valence-electron chi connectivity index (χ4n) is 1.66. The van der Waals surface area contributed by atoms with Crippen LogP contribution in [-0.2, 0) is 18.4 Å². The highest BCUT2D eigenvalue weighted by Crippen LogP contribution is 2.29. The van der Waals surface area contributed by atoms with Crippen LogP contribution in [0.1, 0.15) is 5.56 Å². The quantitative estimate of drug-likeness (QED) is 0.478. The topological polar surface area (TPSA) is 56.5 Å². The predicted octanol–water partition coefficient (Wildman–Crippen LogP) is 2.69. The van der Waals surface area contributed by atoms with Gasteiger partial charge in [-0.25, -0.2) is 4.79 Å². The first-order valence-corrected chi connectivity index (χ1v) is 6.83. The summed E-state index contributed by atoms with van der Waals surface area (Å²) in [6.07, 6.45) is 5.34. The molecule has 0 unspecified atom stereocenters. The molecule has 1 aromatic heterocycles. The number of nitrogens with zero attached hydrogens (tertiary/aromatic N) is 3. The van der Waals surface area contributed by atoms with E-state index in [1.165, 1.54) is 0 Å². The minimum absolute atomic E-state index is 0.314. The Labute approximate surface area is 115 Å². The molecule has 0 atom stereocenters. The van der Waals surface area contributed by atoms with Gasteiger partial charge in [-0.3, -0.25) is 4.68 Å². The molecular weight excluding hydrogens is 262 g/mol. The summed E-state index contributed by atoms with van der Waals surface area (Å²) in [5.74, 6) is 0.541. The second-order valence-electron chi connectivity index (χ2n) is 3.78. The molecule has 19 heavy (non-hydrogen) atoms. The van der Waals surface area contributed by atoms with Crippen molar-refractivity contribution in [2.75, 3.05) is 6.26 Å². The molecule has 1 heterocycles. The van der Waals surface area contributed by atoms with Crippen molar-refractivity contribution in [1.82, 2.24) is 9.78 Å². The van der Waals surface area contributed by atoms with Crippen molar-refractivity contribution in [3.63, 3.8) is 0 Å². The molecule has 0 bridgehead atoms. The number of hydrogen-bond acceptors (Lipinski definition) is 5. The number of aromatic nitrogens is 2. The number of aliphatic imine (C=N–C) groups is 1. The molecule has 1 aromatic carbocycles. The van der Waals surface area contributed by atoms with Gasteiger partial charge in [-0.15, -0.1) is 16.9 Å². The van der Waals surface area contributed by atoms with Crippen LogP contribution < -0.4 is 4.74 Å². The van der Waals surface area contributed by atoms with Crippen molar-refractivity contribution in [3.05, 3.63) is 36.0 Å².